The largest absolute Gasteiger partial charge is 0.375 e. The fraction of sp³-hybridized carbons (Fsp3) is 0.0588. The molecule has 2 aromatic carbocycles. The van der Waals surface area contributed by atoms with Gasteiger partial charge in [-0.3, -0.25) is 0 Å². The number of hydrogen-bond acceptors (Lipinski definition) is 1. The van der Waals surface area contributed by atoms with Crippen LogP contribution in [0.3, 0.4) is 0 Å². The average molecular weight is 269 g/mol. The van der Waals surface area contributed by atoms with Gasteiger partial charge in [-0.1, -0.05) is 72.0 Å². The Labute approximate surface area is 118 Å². The van der Waals surface area contributed by atoms with E-state index in [2.05, 4.69) is 11.8 Å². The van der Waals surface area contributed by atoms with Crippen LogP contribution in [0.15, 0.2) is 65.7 Å². The topological polar surface area (TPSA) is 20.2 Å². The van der Waals surface area contributed by atoms with Crippen molar-refractivity contribution in [2.75, 3.05) is 0 Å². The molecule has 0 saturated carbocycles. The lowest BCUT2D eigenvalue weighted by atomic mass is 10.1. The Morgan fingerprint density at radius 3 is 2.21 bits per heavy atom. The van der Waals surface area contributed by atoms with E-state index < -0.39 is 6.10 Å². The molecule has 0 aliphatic carbocycles. The number of halogens is 1. The normalized spacial score (nSPS) is 12.4. The molecule has 1 unspecified atom stereocenters. The number of rotatable bonds is 2. The molecule has 0 heterocycles. The Kier molecular flexibility index (Phi) is 4.80. The van der Waals surface area contributed by atoms with E-state index in [-0.39, 0.29) is 0 Å². The van der Waals surface area contributed by atoms with Gasteiger partial charge in [0.15, 0.2) is 6.10 Å². The Bertz CT molecular complexity index is 606. The van der Waals surface area contributed by atoms with Crippen molar-refractivity contribution in [3.05, 3.63) is 76.8 Å². The molecule has 0 aliphatic rings. The summed E-state index contributed by atoms with van der Waals surface area (Å²) >= 11 is 6.04. The molecule has 19 heavy (non-hydrogen) atoms. The minimum Gasteiger partial charge on any atom is -0.375 e. The van der Waals surface area contributed by atoms with Crippen molar-refractivity contribution in [3.63, 3.8) is 0 Å². The molecule has 0 fully saturated rings. The summed E-state index contributed by atoms with van der Waals surface area (Å²) in [5.41, 5.74) is 1.79. The summed E-state index contributed by atoms with van der Waals surface area (Å²) in [6.45, 7) is 0. The lowest BCUT2D eigenvalue weighted by Gasteiger charge is -2.01. The Morgan fingerprint density at radius 2 is 1.58 bits per heavy atom. The summed E-state index contributed by atoms with van der Waals surface area (Å²) < 4.78 is 0. The third kappa shape index (κ3) is 4.30. The van der Waals surface area contributed by atoms with Gasteiger partial charge in [0.05, 0.1) is 5.03 Å². The second-order valence-electron chi connectivity index (χ2n) is 3.98. The summed E-state index contributed by atoms with van der Waals surface area (Å²) in [5.74, 6) is 5.61. The molecule has 0 amide bonds. The molecular formula is C17H13ClO. The first-order valence-corrected chi connectivity index (χ1v) is 6.30. The van der Waals surface area contributed by atoms with E-state index in [9.17, 15) is 5.11 Å². The van der Waals surface area contributed by atoms with Gasteiger partial charge in [-0.2, -0.15) is 0 Å². The summed E-state index contributed by atoms with van der Waals surface area (Å²) in [4.78, 5) is 0. The molecule has 0 bridgehead atoms. The smallest absolute Gasteiger partial charge is 0.151 e. The fourth-order valence-electron chi connectivity index (χ4n) is 1.53. The van der Waals surface area contributed by atoms with E-state index in [0.29, 0.717) is 5.03 Å². The highest BCUT2D eigenvalue weighted by Crippen LogP contribution is 2.13. The van der Waals surface area contributed by atoms with Gasteiger partial charge < -0.3 is 5.11 Å². The zero-order chi connectivity index (χ0) is 13.5. The molecule has 0 saturated heterocycles. The third-order valence-electron chi connectivity index (χ3n) is 2.49. The number of aliphatic hydroxyl groups is 1. The van der Waals surface area contributed by atoms with E-state index >= 15 is 0 Å². The SMILES string of the molecule is OC(C#Cc1ccccc1)C(Cl)=Cc1ccccc1. The van der Waals surface area contributed by atoms with Crippen molar-refractivity contribution in [3.8, 4) is 11.8 Å². The van der Waals surface area contributed by atoms with Crippen LogP contribution in [0, 0.1) is 11.8 Å². The van der Waals surface area contributed by atoms with Crippen molar-refractivity contribution < 1.29 is 5.11 Å². The maximum Gasteiger partial charge on any atom is 0.151 e. The molecule has 0 spiro atoms. The molecular weight excluding hydrogens is 256 g/mol. The zero-order valence-corrected chi connectivity index (χ0v) is 11.0. The van der Waals surface area contributed by atoms with Crippen molar-refractivity contribution in [1.82, 2.24) is 0 Å². The van der Waals surface area contributed by atoms with E-state index in [1.807, 2.05) is 60.7 Å². The van der Waals surface area contributed by atoms with Crippen molar-refractivity contribution in [1.29, 1.82) is 0 Å². The van der Waals surface area contributed by atoms with Crippen LogP contribution in [0.25, 0.3) is 6.08 Å². The number of benzene rings is 2. The second-order valence-corrected chi connectivity index (χ2v) is 4.41. The van der Waals surface area contributed by atoms with Crippen LogP contribution in [0.1, 0.15) is 11.1 Å². The molecule has 2 heteroatoms. The van der Waals surface area contributed by atoms with Crippen LogP contribution in [-0.2, 0) is 0 Å². The van der Waals surface area contributed by atoms with Gasteiger partial charge >= 0.3 is 0 Å². The van der Waals surface area contributed by atoms with Crippen LogP contribution >= 0.6 is 11.6 Å². The minimum atomic E-state index is -0.970. The summed E-state index contributed by atoms with van der Waals surface area (Å²) in [7, 11) is 0. The maximum atomic E-state index is 9.87. The highest BCUT2D eigenvalue weighted by Gasteiger charge is 2.04. The molecule has 94 valence electrons. The molecule has 0 radical (unpaired) electrons. The predicted molar refractivity (Wildman–Crippen MR) is 79.6 cm³/mol. The molecule has 0 aliphatic heterocycles. The lowest BCUT2D eigenvalue weighted by molar-refractivity contribution is 0.277. The summed E-state index contributed by atoms with van der Waals surface area (Å²) in [5, 5.41) is 10.2. The van der Waals surface area contributed by atoms with Crippen LogP contribution in [0.4, 0.5) is 0 Å². The van der Waals surface area contributed by atoms with E-state index in [1.165, 1.54) is 0 Å². The first-order chi connectivity index (χ1) is 9.25. The highest BCUT2D eigenvalue weighted by atomic mass is 35.5. The minimum absolute atomic E-state index is 0.314. The molecule has 2 rings (SSSR count). The lowest BCUT2D eigenvalue weighted by Crippen LogP contribution is -2.02. The monoisotopic (exact) mass is 268 g/mol. The standard InChI is InChI=1S/C17H13ClO/c18-16(13-15-9-5-2-6-10-15)17(19)12-11-14-7-3-1-4-8-14/h1-10,13,17,19H. The molecule has 2 aromatic rings. The van der Waals surface area contributed by atoms with Crippen LogP contribution in [-0.4, -0.2) is 11.2 Å². The molecule has 0 aromatic heterocycles. The quantitative estimate of drug-likeness (QED) is 0.824. The molecule has 1 nitrogen and oxygen atoms in total. The third-order valence-corrected chi connectivity index (χ3v) is 2.81. The van der Waals surface area contributed by atoms with E-state index in [1.54, 1.807) is 6.08 Å². The van der Waals surface area contributed by atoms with Gasteiger partial charge in [0, 0.05) is 5.56 Å². The summed E-state index contributed by atoms with van der Waals surface area (Å²) in [6, 6.07) is 19.1. The molecule has 1 N–H and O–H groups in total. The van der Waals surface area contributed by atoms with Crippen molar-refractivity contribution in [2.24, 2.45) is 0 Å². The first-order valence-electron chi connectivity index (χ1n) is 5.92. The fourth-order valence-corrected chi connectivity index (χ4v) is 1.71. The van der Waals surface area contributed by atoms with E-state index in [0.717, 1.165) is 11.1 Å². The van der Waals surface area contributed by atoms with Gasteiger partial charge in [0.2, 0.25) is 0 Å². The van der Waals surface area contributed by atoms with Crippen LogP contribution in [0.5, 0.6) is 0 Å². The van der Waals surface area contributed by atoms with Crippen molar-refractivity contribution in [2.45, 2.75) is 6.10 Å². The average Bonchev–Trinajstić information content (AvgIpc) is 2.47. The van der Waals surface area contributed by atoms with Crippen LogP contribution < -0.4 is 0 Å². The van der Waals surface area contributed by atoms with Gasteiger partial charge in [-0.05, 0) is 23.8 Å². The van der Waals surface area contributed by atoms with Gasteiger partial charge in [-0.15, -0.1) is 0 Å². The van der Waals surface area contributed by atoms with Gasteiger partial charge in [-0.25, -0.2) is 0 Å². The number of aliphatic hydroxyl groups excluding tert-OH is 1. The maximum absolute atomic E-state index is 9.87. The predicted octanol–water partition coefficient (Wildman–Crippen LogP) is 3.68. The van der Waals surface area contributed by atoms with Gasteiger partial charge in [0.1, 0.15) is 0 Å². The Balaban J connectivity index is 2.10. The Morgan fingerprint density at radius 1 is 1.00 bits per heavy atom. The Hall–Kier alpha value is -2.01. The first kappa shape index (κ1) is 13.4. The van der Waals surface area contributed by atoms with Crippen molar-refractivity contribution >= 4 is 17.7 Å². The summed E-state index contributed by atoms with van der Waals surface area (Å²) in [6.07, 6.45) is 0.744. The van der Waals surface area contributed by atoms with E-state index in [4.69, 9.17) is 11.6 Å². The number of hydrogen-bond donors (Lipinski definition) is 1. The zero-order valence-electron chi connectivity index (χ0n) is 10.3. The van der Waals surface area contributed by atoms with Gasteiger partial charge in [0.25, 0.3) is 0 Å². The molecule has 1 atom stereocenters. The highest BCUT2D eigenvalue weighted by molar-refractivity contribution is 6.32. The second kappa shape index (κ2) is 6.80. The van der Waals surface area contributed by atoms with Crippen LogP contribution in [0.2, 0.25) is 0 Å².